The minimum atomic E-state index is -1.31. The molecular weight excluding hydrogens is 522 g/mol. The second-order valence-corrected chi connectivity index (χ2v) is 10.5. The second-order valence-electron chi connectivity index (χ2n) is 8.33. The highest BCUT2D eigenvalue weighted by atomic mass is 32.2. The number of nitrogens with zero attached hydrogens (tertiary/aromatic N) is 1. The van der Waals surface area contributed by atoms with Gasteiger partial charge in [0.2, 0.25) is 11.8 Å². The Labute approximate surface area is 217 Å². The number of carboxylic acid groups (broad SMARTS) is 1. The fraction of sp³-hybridized carbons (Fsp3) is 0.208. The summed E-state index contributed by atoms with van der Waals surface area (Å²) < 4.78 is 5.82. The van der Waals surface area contributed by atoms with Gasteiger partial charge in [-0.15, -0.1) is 0 Å². The Morgan fingerprint density at radius 3 is 2.51 bits per heavy atom. The van der Waals surface area contributed by atoms with Gasteiger partial charge < -0.3 is 25.3 Å². The number of anilines is 1. The lowest BCUT2D eigenvalue weighted by atomic mass is 9.82. The zero-order valence-electron chi connectivity index (χ0n) is 18.9. The number of carbonyl (C=O) groups is 4. The zero-order chi connectivity index (χ0) is 26.3. The van der Waals surface area contributed by atoms with E-state index >= 15 is 0 Å². The molecule has 0 bridgehead atoms. The lowest BCUT2D eigenvalue weighted by Gasteiger charge is -2.30. The maximum atomic E-state index is 13.3. The van der Waals surface area contributed by atoms with E-state index in [1.165, 1.54) is 24.3 Å². The maximum Gasteiger partial charge on any atom is 0.323 e. The Kier molecular flexibility index (Phi) is 6.48. The molecule has 3 amide bonds. The number of aromatic amines is 1. The molecule has 1 fully saturated rings. The average Bonchev–Trinajstić information content (AvgIpc) is 3.35. The molecule has 13 heteroatoms. The third-order valence-electron chi connectivity index (χ3n) is 5.97. The number of H-pyrrole nitrogens is 1. The van der Waals surface area contributed by atoms with Crippen molar-refractivity contribution in [3.63, 3.8) is 0 Å². The van der Waals surface area contributed by atoms with Crippen LogP contribution < -0.4 is 14.9 Å². The van der Waals surface area contributed by atoms with Gasteiger partial charge in [-0.25, -0.2) is 0 Å². The fourth-order valence-electron chi connectivity index (χ4n) is 4.45. The molecular formula is C24H19N3O8S2. The number of thioether (sulfide) groups is 1. The first-order valence-electron chi connectivity index (χ1n) is 11.0. The first kappa shape index (κ1) is 24.6. The maximum absolute atomic E-state index is 13.3. The minimum absolute atomic E-state index is 0.0559. The van der Waals surface area contributed by atoms with Crippen LogP contribution in [0.15, 0.2) is 58.4 Å². The third kappa shape index (κ3) is 4.70. The van der Waals surface area contributed by atoms with Gasteiger partial charge in [0.15, 0.2) is 6.61 Å². The molecule has 1 saturated heterocycles. The molecule has 37 heavy (non-hydrogen) atoms. The number of aromatic nitrogens is 1. The second kappa shape index (κ2) is 9.75. The van der Waals surface area contributed by atoms with E-state index < -0.39 is 47.3 Å². The van der Waals surface area contributed by atoms with Crippen molar-refractivity contribution in [3.05, 3.63) is 68.6 Å². The highest BCUT2D eigenvalue weighted by molar-refractivity contribution is 8.00. The number of aromatic hydroxyl groups is 1. The lowest BCUT2D eigenvalue weighted by Crippen LogP contribution is -2.36. The number of rotatable bonds is 7. The van der Waals surface area contributed by atoms with Crippen LogP contribution in [-0.4, -0.2) is 62.2 Å². The molecule has 3 aromatic rings. The number of thiazole rings is 1. The van der Waals surface area contributed by atoms with E-state index in [-0.39, 0.29) is 23.0 Å². The highest BCUT2D eigenvalue weighted by Gasteiger charge is 2.56. The van der Waals surface area contributed by atoms with Gasteiger partial charge in [-0.05, 0) is 30.3 Å². The van der Waals surface area contributed by atoms with Crippen molar-refractivity contribution >= 4 is 52.5 Å². The highest BCUT2D eigenvalue weighted by Crippen LogP contribution is 2.53. The molecule has 2 aromatic carbocycles. The van der Waals surface area contributed by atoms with Gasteiger partial charge in [0.05, 0.1) is 10.9 Å². The molecule has 3 atom stereocenters. The number of carbonyl (C=O) groups excluding carboxylic acids is 3. The van der Waals surface area contributed by atoms with Gasteiger partial charge in [-0.3, -0.25) is 28.9 Å². The molecule has 2 unspecified atom stereocenters. The van der Waals surface area contributed by atoms with Crippen LogP contribution in [0.3, 0.4) is 0 Å². The molecule has 5 rings (SSSR count). The summed E-state index contributed by atoms with van der Waals surface area (Å²) >= 11 is 1.95. The summed E-state index contributed by atoms with van der Waals surface area (Å²) in [6.07, 6.45) is 0. The van der Waals surface area contributed by atoms with Crippen molar-refractivity contribution in [1.82, 2.24) is 9.88 Å². The Morgan fingerprint density at radius 1 is 1.05 bits per heavy atom. The molecule has 2 aliphatic heterocycles. The number of phenolic OH excluding ortho intramolecular Hbond substituents is 1. The SMILES string of the molecule is O=C(O)CN1C(=O)C2Sc3[nH]c(=O)sc3[C@@H](c3ccccc3OCC(=O)Nc3ccc(O)cc3)C2C1=O. The predicted molar refractivity (Wildman–Crippen MR) is 133 cm³/mol. The first-order valence-corrected chi connectivity index (χ1v) is 12.7. The molecule has 2 aliphatic rings. The van der Waals surface area contributed by atoms with Crippen LogP contribution in [-0.2, 0) is 19.2 Å². The monoisotopic (exact) mass is 541 g/mol. The van der Waals surface area contributed by atoms with Crippen molar-refractivity contribution in [2.24, 2.45) is 5.92 Å². The number of hydrogen-bond donors (Lipinski definition) is 4. The van der Waals surface area contributed by atoms with Crippen molar-refractivity contribution in [1.29, 1.82) is 0 Å². The van der Waals surface area contributed by atoms with Crippen molar-refractivity contribution < 1.29 is 34.1 Å². The van der Waals surface area contributed by atoms with Crippen molar-refractivity contribution in [2.75, 3.05) is 18.5 Å². The number of nitrogens with one attached hydrogen (secondary N) is 2. The number of imide groups is 1. The van der Waals surface area contributed by atoms with Crippen LogP contribution in [0.1, 0.15) is 16.4 Å². The summed E-state index contributed by atoms with van der Waals surface area (Å²) in [4.78, 5) is 65.9. The van der Waals surface area contributed by atoms with Crippen LogP contribution >= 0.6 is 23.1 Å². The minimum Gasteiger partial charge on any atom is -0.508 e. The number of para-hydroxylation sites is 1. The number of amides is 3. The molecule has 190 valence electrons. The summed E-state index contributed by atoms with van der Waals surface area (Å²) in [5.41, 5.74) is 0.951. The summed E-state index contributed by atoms with van der Waals surface area (Å²) in [5, 5.41) is 20.8. The van der Waals surface area contributed by atoms with Crippen LogP contribution in [0.25, 0.3) is 0 Å². The molecule has 0 saturated carbocycles. The van der Waals surface area contributed by atoms with Gasteiger partial charge in [0.1, 0.15) is 23.3 Å². The largest absolute Gasteiger partial charge is 0.508 e. The van der Waals surface area contributed by atoms with Gasteiger partial charge in [-0.1, -0.05) is 41.3 Å². The van der Waals surface area contributed by atoms with Crippen LogP contribution in [0.4, 0.5) is 5.69 Å². The Hall–Kier alpha value is -4.10. The lowest BCUT2D eigenvalue weighted by molar-refractivity contribution is -0.149. The van der Waals surface area contributed by atoms with Gasteiger partial charge in [0, 0.05) is 22.0 Å². The van der Waals surface area contributed by atoms with E-state index in [0.29, 0.717) is 21.2 Å². The molecule has 0 aliphatic carbocycles. The van der Waals surface area contributed by atoms with E-state index in [2.05, 4.69) is 10.3 Å². The normalized spacial score (nSPS) is 20.3. The molecule has 4 N–H and O–H groups in total. The van der Waals surface area contributed by atoms with Gasteiger partial charge >= 0.3 is 10.8 Å². The van der Waals surface area contributed by atoms with Gasteiger partial charge in [0.25, 0.3) is 5.91 Å². The first-order chi connectivity index (χ1) is 17.7. The Balaban J connectivity index is 1.46. The van der Waals surface area contributed by atoms with E-state index in [0.717, 1.165) is 28.0 Å². The van der Waals surface area contributed by atoms with Crippen LogP contribution in [0, 0.1) is 5.92 Å². The number of ether oxygens (including phenoxy) is 1. The summed E-state index contributed by atoms with van der Waals surface area (Å²) in [6.45, 7) is -1.13. The smallest absolute Gasteiger partial charge is 0.323 e. The number of aliphatic carboxylic acids is 1. The summed E-state index contributed by atoms with van der Waals surface area (Å²) in [5.74, 6) is -4.43. The quantitative estimate of drug-likeness (QED) is 0.258. The van der Waals surface area contributed by atoms with Crippen molar-refractivity contribution in [2.45, 2.75) is 16.2 Å². The standard InChI is InChI=1S/C24H19N3O8S2/c28-12-7-5-11(6-8-12)25-15(29)10-35-14-4-2-1-3-13(14)17-18-20(36-21-19(17)37-24(34)26-21)23(33)27(22(18)32)9-16(30)31/h1-8,17-18,20,28H,9-10H2,(H,25,29)(H,26,34)(H,30,31)/t17-,18?,20?/m0/s1. The molecule has 0 spiro atoms. The number of likely N-dealkylation sites (tertiary alicyclic amines) is 1. The van der Waals surface area contributed by atoms with Crippen molar-refractivity contribution in [3.8, 4) is 11.5 Å². The van der Waals surface area contributed by atoms with Crippen LogP contribution in [0.5, 0.6) is 11.5 Å². The number of carboxylic acids is 1. The Bertz CT molecular complexity index is 1470. The number of benzene rings is 2. The average molecular weight is 542 g/mol. The molecule has 3 heterocycles. The fourth-order valence-corrected chi connectivity index (χ4v) is 6.98. The van der Waals surface area contributed by atoms with E-state index in [4.69, 9.17) is 4.74 Å². The van der Waals surface area contributed by atoms with Gasteiger partial charge in [-0.2, -0.15) is 0 Å². The predicted octanol–water partition coefficient (Wildman–Crippen LogP) is 1.84. The molecule has 0 radical (unpaired) electrons. The van der Waals surface area contributed by atoms with E-state index in [1.807, 2.05) is 0 Å². The topological polar surface area (TPSA) is 166 Å². The van der Waals surface area contributed by atoms with E-state index in [1.54, 1.807) is 24.3 Å². The number of phenols is 1. The van der Waals surface area contributed by atoms with E-state index in [9.17, 15) is 34.2 Å². The van der Waals surface area contributed by atoms with Crippen LogP contribution in [0.2, 0.25) is 0 Å². The molecule has 11 nitrogen and oxygen atoms in total. The third-order valence-corrected chi connectivity index (χ3v) is 8.37. The number of hydrogen-bond acceptors (Lipinski definition) is 9. The summed E-state index contributed by atoms with van der Waals surface area (Å²) in [7, 11) is 0. The Morgan fingerprint density at radius 2 is 1.78 bits per heavy atom. The summed E-state index contributed by atoms with van der Waals surface area (Å²) in [6, 6.07) is 12.6. The zero-order valence-corrected chi connectivity index (χ0v) is 20.5. The number of fused-ring (bicyclic) bond motifs is 2. The molecule has 1 aromatic heterocycles.